The summed E-state index contributed by atoms with van der Waals surface area (Å²) in [4.78, 5) is 9.85. The minimum atomic E-state index is 0. The maximum Gasteiger partial charge on any atom is 0.193 e. The van der Waals surface area contributed by atoms with Gasteiger partial charge in [0.05, 0.1) is 13.2 Å². The molecule has 0 aliphatic carbocycles. The second-order valence-corrected chi connectivity index (χ2v) is 7.75. The van der Waals surface area contributed by atoms with Gasteiger partial charge in [0, 0.05) is 57.6 Å². The quantitative estimate of drug-likeness (QED) is 0.366. The van der Waals surface area contributed by atoms with Crippen LogP contribution < -0.4 is 5.32 Å². The maximum atomic E-state index is 5.92. The number of nitrogens with zero attached hydrogens (tertiary/aromatic N) is 3. The van der Waals surface area contributed by atoms with Gasteiger partial charge in [-0.2, -0.15) is 0 Å². The van der Waals surface area contributed by atoms with Gasteiger partial charge >= 0.3 is 0 Å². The van der Waals surface area contributed by atoms with Crippen molar-refractivity contribution in [2.24, 2.45) is 10.9 Å². The van der Waals surface area contributed by atoms with Gasteiger partial charge in [0.2, 0.25) is 0 Å². The third-order valence-electron chi connectivity index (χ3n) is 5.64. The van der Waals surface area contributed by atoms with E-state index in [0.717, 1.165) is 82.1 Å². The van der Waals surface area contributed by atoms with Gasteiger partial charge in [-0.3, -0.25) is 9.89 Å². The van der Waals surface area contributed by atoms with Crippen molar-refractivity contribution in [2.45, 2.75) is 19.8 Å². The van der Waals surface area contributed by atoms with Crippen LogP contribution in [0.2, 0.25) is 0 Å². The van der Waals surface area contributed by atoms with Crippen LogP contribution in [0.1, 0.15) is 19.1 Å². The van der Waals surface area contributed by atoms with Gasteiger partial charge in [-0.15, -0.1) is 24.0 Å². The van der Waals surface area contributed by atoms with E-state index >= 15 is 0 Å². The number of fused-ring (bicyclic) bond motifs is 1. The average molecular weight is 512 g/mol. The molecule has 0 radical (unpaired) electrons. The van der Waals surface area contributed by atoms with Gasteiger partial charge in [-0.25, -0.2) is 0 Å². The second-order valence-electron chi connectivity index (χ2n) is 7.75. The van der Waals surface area contributed by atoms with Crippen LogP contribution in [0, 0.1) is 5.92 Å². The van der Waals surface area contributed by atoms with Crippen molar-refractivity contribution in [2.75, 3.05) is 59.0 Å². The van der Waals surface area contributed by atoms with E-state index in [4.69, 9.17) is 14.1 Å². The standard InChI is InChI=1S/C22H32N4O2.HI/c1-2-23-22(24-9-7-20-15-19-5-3-4-6-21(19)28-20)26-10-8-18(17-26)16-25-11-13-27-14-12-25;/h3-6,15,18H,2,7-14,16-17H2,1H3,(H,23,24);1H. The molecule has 1 atom stereocenters. The predicted molar refractivity (Wildman–Crippen MR) is 128 cm³/mol. The highest BCUT2D eigenvalue weighted by Gasteiger charge is 2.27. The highest BCUT2D eigenvalue weighted by atomic mass is 127. The monoisotopic (exact) mass is 512 g/mol. The van der Waals surface area contributed by atoms with Crippen molar-refractivity contribution >= 4 is 40.9 Å². The van der Waals surface area contributed by atoms with Crippen molar-refractivity contribution in [3.63, 3.8) is 0 Å². The van der Waals surface area contributed by atoms with Gasteiger partial charge in [-0.1, -0.05) is 18.2 Å². The number of aliphatic imine (C=N–C) groups is 1. The molecule has 6 nitrogen and oxygen atoms in total. The van der Waals surface area contributed by atoms with E-state index in [1.54, 1.807) is 0 Å². The number of hydrogen-bond acceptors (Lipinski definition) is 4. The molecule has 2 aliphatic heterocycles. The van der Waals surface area contributed by atoms with Crippen molar-refractivity contribution in [1.82, 2.24) is 15.1 Å². The molecule has 0 amide bonds. The highest BCUT2D eigenvalue weighted by molar-refractivity contribution is 14.0. The smallest absolute Gasteiger partial charge is 0.193 e. The summed E-state index contributed by atoms with van der Waals surface area (Å²) in [5.74, 6) is 2.77. The molecule has 2 aliphatic rings. The highest BCUT2D eigenvalue weighted by Crippen LogP contribution is 2.20. The lowest BCUT2D eigenvalue weighted by molar-refractivity contribution is 0.0315. The van der Waals surface area contributed by atoms with E-state index in [1.807, 2.05) is 18.2 Å². The fourth-order valence-corrected chi connectivity index (χ4v) is 4.18. The Hall–Kier alpha value is -1.32. The van der Waals surface area contributed by atoms with Crippen LogP contribution in [0.15, 0.2) is 39.7 Å². The average Bonchev–Trinajstić information content (AvgIpc) is 3.34. The first-order chi connectivity index (χ1) is 13.8. The lowest BCUT2D eigenvalue weighted by atomic mass is 10.1. The van der Waals surface area contributed by atoms with Gasteiger partial charge in [-0.05, 0) is 31.4 Å². The number of hydrogen-bond donors (Lipinski definition) is 1. The van der Waals surface area contributed by atoms with Crippen LogP contribution in [0.4, 0.5) is 0 Å². The van der Waals surface area contributed by atoms with E-state index in [-0.39, 0.29) is 24.0 Å². The molecule has 1 aromatic carbocycles. The number of furan rings is 1. The first kappa shape index (κ1) is 22.4. The molecule has 2 aromatic rings. The number of guanidine groups is 1. The second kappa shape index (κ2) is 11.2. The molecule has 0 saturated carbocycles. The Morgan fingerprint density at radius 1 is 1.21 bits per heavy atom. The molecule has 2 saturated heterocycles. The Morgan fingerprint density at radius 3 is 2.83 bits per heavy atom. The summed E-state index contributed by atoms with van der Waals surface area (Å²) in [6.45, 7) is 11.0. The number of nitrogens with one attached hydrogen (secondary N) is 1. The zero-order valence-corrected chi connectivity index (χ0v) is 19.6. The van der Waals surface area contributed by atoms with Crippen LogP contribution in [0.3, 0.4) is 0 Å². The van der Waals surface area contributed by atoms with E-state index < -0.39 is 0 Å². The van der Waals surface area contributed by atoms with E-state index in [1.165, 1.54) is 18.4 Å². The topological polar surface area (TPSA) is 53.2 Å². The number of ether oxygens (including phenoxy) is 1. The Labute approximate surface area is 190 Å². The van der Waals surface area contributed by atoms with Gasteiger partial charge in [0.1, 0.15) is 11.3 Å². The summed E-state index contributed by atoms with van der Waals surface area (Å²) in [6, 6.07) is 10.3. The fourth-order valence-electron chi connectivity index (χ4n) is 4.18. The molecule has 29 heavy (non-hydrogen) atoms. The fraction of sp³-hybridized carbons (Fsp3) is 0.591. The largest absolute Gasteiger partial charge is 0.461 e. The molecule has 1 aromatic heterocycles. The van der Waals surface area contributed by atoms with Crippen LogP contribution in [-0.2, 0) is 11.2 Å². The molecule has 1 unspecified atom stereocenters. The molecular weight excluding hydrogens is 479 g/mol. The molecule has 7 heteroatoms. The molecule has 4 rings (SSSR count). The van der Waals surface area contributed by atoms with Crippen molar-refractivity contribution in [3.05, 3.63) is 36.1 Å². The van der Waals surface area contributed by atoms with E-state index in [2.05, 4.69) is 34.2 Å². The molecule has 160 valence electrons. The van der Waals surface area contributed by atoms with E-state index in [0.29, 0.717) is 0 Å². The zero-order valence-electron chi connectivity index (χ0n) is 17.3. The third kappa shape index (κ3) is 6.08. The lowest BCUT2D eigenvalue weighted by Gasteiger charge is -2.29. The van der Waals surface area contributed by atoms with Crippen LogP contribution >= 0.6 is 24.0 Å². The normalized spacial score (nSPS) is 20.8. The summed E-state index contributed by atoms with van der Waals surface area (Å²) in [5, 5.41) is 4.64. The molecule has 0 spiro atoms. The number of likely N-dealkylation sites (tertiary alicyclic amines) is 1. The Bertz CT molecular complexity index is 755. The first-order valence-electron chi connectivity index (χ1n) is 10.6. The van der Waals surface area contributed by atoms with Crippen molar-refractivity contribution in [1.29, 1.82) is 0 Å². The third-order valence-corrected chi connectivity index (χ3v) is 5.64. The number of rotatable bonds is 6. The number of para-hydroxylation sites is 1. The summed E-state index contributed by atoms with van der Waals surface area (Å²) in [7, 11) is 0. The minimum Gasteiger partial charge on any atom is -0.461 e. The summed E-state index contributed by atoms with van der Waals surface area (Å²) in [6.07, 6.45) is 2.07. The maximum absolute atomic E-state index is 5.92. The van der Waals surface area contributed by atoms with Gasteiger partial charge in [0.25, 0.3) is 0 Å². The predicted octanol–water partition coefficient (Wildman–Crippen LogP) is 3.21. The van der Waals surface area contributed by atoms with Crippen LogP contribution in [0.5, 0.6) is 0 Å². The van der Waals surface area contributed by atoms with Gasteiger partial charge in [0.15, 0.2) is 5.96 Å². The van der Waals surface area contributed by atoms with Gasteiger partial charge < -0.3 is 19.4 Å². The molecule has 3 heterocycles. The zero-order chi connectivity index (χ0) is 19.2. The minimum absolute atomic E-state index is 0. The van der Waals surface area contributed by atoms with Crippen molar-refractivity contribution in [3.8, 4) is 0 Å². The summed E-state index contributed by atoms with van der Waals surface area (Å²) in [5.41, 5.74) is 0.957. The van der Waals surface area contributed by atoms with Crippen LogP contribution in [-0.4, -0.2) is 74.8 Å². The first-order valence-corrected chi connectivity index (χ1v) is 10.6. The number of morpholine rings is 1. The van der Waals surface area contributed by atoms with Crippen LogP contribution in [0.25, 0.3) is 11.0 Å². The summed E-state index contributed by atoms with van der Waals surface area (Å²) >= 11 is 0. The SMILES string of the molecule is CCNC(=NCCc1cc2ccccc2o1)N1CCC(CN2CCOCC2)C1.I. The van der Waals surface area contributed by atoms with Crippen molar-refractivity contribution < 1.29 is 9.15 Å². The lowest BCUT2D eigenvalue weighted by Crippen LogP contribution is -2.42. The number of benzene rings is 1. The Balaban J connectivity index is 0.00000240. The molecular formula is C22H33IN4O2. The molecule has 1 N–H and O–H groups in total. The molecule has 0 bridgehead atoms. The Morgan fingerprint density at radius 2 is 2.03 bits per heavy atom. The summed E-state index contributed by atoms with van der Waals surface area (Å²) < 4.78 is 11.4. The molecule has 2 fully saturated rings. The number of halogens is 1. The Kier molecular flexibility index (Phi) is 8.62. The van der Waals surface area contributed by atoms with E-state index in [9.17, 15) is 0 Å².